The fourth-order valence-electron chi connectivity index (χ4n) is 1.55. The Morgan fingerprint density at radius 1 is 1.32 bits per heavy atom. The molecule has 0 radical (unpaired) electrons. The van der Waals surface area contributed by atoms with Gasteiger partial charge in [-0.1, -0.05) is 0 Å². The van der Waals surface area contributed by atoms with Crippen molar-refractivity contribution >= 4 is 15.7 Å². The molecule has 0 unspecified atom stereocenters. The van der Waals surface area contributed by atoms with Gasteiger partial charge in [0.2, 0.25) is 10.0 Å². The summed E-state index contributed by atoms with van der Waals surface area (Å²) in [7, 11) is -0.273. The highest BCUT2D eigenvalue weighted by Crippen LogP contribution is 2.21. The largest absolute Gasteiger partial charge is 0.494 e. The lowest BCUT2D eigenvalue weighted by atomic mass is 10.3. The molecule has 1 aromatic carbocycles. The van der Waals surface area contributed by atoms with Crippen molar-refractivity contribution in [2.75, 3.05) is 31.2 Å². The van der Waals surface area contributed by atoms with Gasteiger partial charge in [0, 0.05) is 6.07 Å². The Kier molecular flexibility index (Phi) is 6.04. The van der Waals surface area contributed by atoms with Gasteiger partial charge in [0.1, 0.15) is 0 Å². The first-order chi connectivity index (χ1) is 8.98. The van der Waals surface area contributed by atoms with Gasteiger partial charge in [-0.2, -0.15) is 0 Å². The SMILES string of the molecule is CNCCCCS(=O)(=O)Nc1ccc(OC)c(F)c1. The van der Waals surface area contributed by atoms with Crippen LogP contribution >= 0.6 is 0 Å². The topological polar surface area (TPSA) is 67.4 Å². The molecule has 0 saturated heterocycles. The summed E-state index contributed by atoms with van der Waals surface area (Å²) in [4.78, 5) is 0. The summed E-state index contributed by atoms with van der Waals surface area (Å²) in [6, 6.07) is 3.95. The van der Waals surface area contributed by atoms with Gasteiger partial charge >= 0.3 is 0 Å². The average molecular weight is 290 g/mol. The predicted molar refractivity (Wildman–Crippen MR) is 73.5 cm³/mol. The second-order valence-electron chi connectivity index (χ2n) is 4.08. The van der Waals surface area contributed by atoms with Crippen LogP contribution in [-0.4, -0.2) is 34.9 Å². The van der Waals surface area contributed by atoms with Crippen LogP contribution in [0.3, 0.4) is 0 Å². The number of sulfonamides is 1. The molecule has 1 aromatic rings. The molecule has 0 atom stereocenters. The molecule has 0 aromatic heterocycles. The van der Waals surface area contributed by atoms with E-state index in [4.69, 9.17) is 4.74 Å². The Morgan fingerprint density at radius 3 is 2.63 bits per heavy atom. The first-order valence-electron chi connectivity index (χ1n) is 5.97. The molecule has 0 heterocycles. The predicted octanol–water partition coefficient (Wildman–Crippen LogP) is 1.58. The van der Waals surface area contributed by atoms with Crippen LogP contribution in [-0.2, 0) is 10.0 Å². The van der Waals surface area contributed by atoms with Crippen molar-refractivity contribution in [1.82, 2.24) is 5.32 Å². The number of ether oxygens (including phenoxy) is 1. The molecule has 0 bridgehead atoms. The minimum Gasteiger partial charge on any atom is -0.494 e. The van der Waals surface area contributed by atoms with Crippen LogP contribution in [0.25, 0.3) is 0 Å². The van der Waals surface area contributed by atoms with Crippen LogP contribution in [0.15, 0.2) is 18.2 Å². The maximum absolute atomic E-state index is 13.4. The van der Waals surface area contributed by atoms with Gasteiger partial charge in [-0.15, -0.1) is 0 Å². The van der Waals surface area contributed by atoms with E-state index in [9.17, 15) is 12.8 Å². The molecular formula is C12H19FN2O3S. The molecule has 7 heteroatoms. The molecule has 19 heavy (non-hydrogen) atoms. The van der Waals surface area contributed by atoms with E-state index >= 15 is 0 Å². The second-order valence-corrected chi connectivity index (χ2v) is 5.92. The van der Waals surface area contributed by atoms with Gasteiger partial charge in [0.25, 0.3) is 0 Å². The van der Waals surface area contributed by atoms with E-state index in [0.717, 1.165) is 19.0 Å². The first kappa shape index (κ1) is 15.7. The van der Waals surface area contributed by atoms with E-state index in [1.54, 1.807) is 0 Å². The molecule has 0 aliphatic heterocycles. The summed E-state index contributed by atoms with van der Waals surface area (Å²) in [6.07, 6.45) is 1.32. The lowest BCUT2D eigenvalue weighted by Crippen LogP contribution is -2.18. The fraction of sp³-hybridized carbons (Fsp3) is 0.500. The van der Waals surface area contributed by atoms with Gasteiger partial charge in [0.15, 0.2) is 11.6 Å². The zero-order valence-corrected chi connectivity index (χ0v) is 11.9. The van der Waals surface area contributed by atoms with Crippen molar-refractivity contribution in [2.45, 2.75) is 12.8 Å². The molecule has 5 nitrogen and oxygen atoms in total. The van der Waals surface area contributed by atoms with Crippen LogP contribution < -0.4 is 14.8 Å². The normalized spacial score (nSPS) is 11.3. The second kappa shape index (κ2) is 7.30. The van der Waals surface area contributed by atoms with Crippen LogP contribution in [0.2, 0.25) is 0 Å². The average Bonchev–Trinajstić information content (AvgIpc) is 2.34. The van der Waals surface area contributed by atoms with E-state index in [1.165, 1.54) is 19.2 Å². The van der Waals surface area contributed by atoms with Crippen LogP contribution in [0.1, 0.15) is 12.8 Å². The number of methoxy groups -OCH3 is 1. The Bertz CT molecular complexity index is 506. The zero-order valence-electron chi connectivity index (χ0n) is 11.1. The maximum atomic E-state index is 13.4. The van der Waals surface area contributed by atoms with E-state index in [-0.39, 0.29) is 17.2 Å². The quantitative estimate of drug-likeness (QED) is 0.713. The molecule has 2 N–H and O–H groups in total. The van der Waals surface area contributed by atoms with Gasteiger partial charge < -0.3 is 10.1 Å². The summed E-state index contributed by atoms with van der Waals surface area (Å²) in [5, 5.41) is 2.95. The van der Waals surface area contributed by atoms with E-state index in [1.807, 2.05) is 7.05 Å². The molecule has 0 aliphatic rings. The lowest BCUT2D eigenvalue weighted by molar-refractivity contribution is 0.386. The highest BCUT2D eigenvalue weighted by molar-refractivity contribution is 7.92. The third-order valence-electron chi connectivity index (χ3n) is 2.51. The van der Waals surface area contributed by atoms with E-state index in [0.29, 0.717) is 6.42 Å². The highest BCUT2D eigenvalue weighted by atomic mass is 32.2. The van der Waals surface area contributed by atoms with E-state index in [2.05, 4.69) is 10.0 Å². The fourth-order valence-corrected chi connectivity index (χ4v) is 2.73. The number of halogens is 1. The van der Waals surface area contributed by atoms with E-state index < -0.39 is 15.8 Å². The number of anilines is 1. The number of nitrogens with one attached hydrogen (secondary N) is 2. The number of rotatable bonds is 8. The number of hydrogen-bond donors (Lipinski definition) is 2. The molecule has 0 saturated carbocycles. The summed E-state index contributed by atoms with van der Waals surface area (Å²) >= 11 is 0. The smallest absolute Gasteiger partial charge is 0.232 e. The van der Waals surface area contributed by atoms with Gasteiger partial charge in [-0.25, -0.2) is 12.8 Å². The number of unbranched alkanes of at least 4 members (excludes halogenated alkanes) is 1. The molecule has 0 fully saturated rings. The monoisotopic (exact) mass is 290 g/mol. The number of benzene rings is 1. The van der Waals surface area contributed by atoms with Gasteiger partial charge in [0.05, 0.1) is 18.6 Å². The molecule has 108 valence electrons. The maximum Gasteiger partial charge on any atom is 0.232 e. The standard InChI is InChI=1S/C12H19FN2O3S/c1-14-7-3-4-8-19(16,17)15-10-5-6-12(18-2)11(13)9-10/h5-6,9,14-15H,3-4,7-8H2,1-2H3. The third-order valence-corrected chi connectivity index (χ3v) is 3.89. The minimum absolute atomic E-state index is 0.0162. The molecule has 0 amide bonds. The number of hydrogen-bond acceptors (Lipinski definition) is 4. The Hall–Kier alpha value is -1.34. The molecule has 0 spiro atoms. The van der Waals surface area contributed by atoms with Crippen molar-refractivity contribution in [3.05, 3.63) is 24.0 Å². The summed E-state index contributed by atoms with van der Waals surface area (Å²) < 4.78 is 44.0. The van der Waals surface area contributed by atoms with Crippen molar-refractivity contribution in [2.24, 2.45) is 0 Å². The van der Waals surface area contributed by atoms with Crippen LogP contribution in [0.4, 0.5) is 10.1 Å². The van der Waals surface area contributed by atoms with Gasteiger partial charge in [-0.05, 0) is 38.6 Å². The zero-order chi connectivity index (χ0) is 14.3. The van der Waals surface area contributed by atoms with Crippen LogP contribution in [0, 0.1) is 5.82 Å². The summed E-state index contributed by atoms with van der Waals surface area (Å²) in [5.41, 5.74) is 0.201. The third kappa shape index (κ3) is 5.44. The van der Waals surface area contributed by atoms with Crippen molar-refractivity contribution in [3.63, 3.8) is 0 Å². The van der Waals surface area contributed by atoms with Crippen molar-refractivity contribution < 1.29 is 17.5 Å². The molecule has 0 aliphatic carbocycles. The Morgan fingerprint density at radius 2 is 2.05 bits per heavy atom. The first-order valence-corrected chi connectivity index (χ1v) is 7.62. The lowest BCUT2D eigenvalue weighted by Gasteiger charge is -2.09. The molecule has 1 rings (SSSR count). The summed E-state index contributed by atoms with van der Waals surface area (Å²) in [6.45, 7) is 0.771. The van der Waals surface area contributed by atoms with Crippen LogP contribution in [0.5, 0.6) is 5.75 Å². The Labute approximate surface area is 113 Å². The minimum atomic E-state index is -3.44. The molecular weight excluding hydrogens is 271 g/mol. The highest BCUT2D eigenvalue weighted by Gasteiger charge is 2.11. The van der Waals surface area contributed by atoms with Crippen molar-refractivity contribution in [3.8, 4) is 5.75 Å². The Balaban J connectivity index is 2.60. The van der Waals surface area contributed by atoms with Crippen molar-refractivity contribution in [1.29, 1.82) is 0 Å². The van der Waals surface area contributed by atoms with Gasteiger partial charge in [-0.3, -0.25) is 4.72 Å². The summed E-state index contributed by atoms with van der Waals surface area (Å²) in [5.74, 6) is -0.502.